The summed E-state index contributed by atoms with van der Waals surface area (Å²) in [6.45, 7) is 1.60. The Morgan fingerprint density at radius 3 is 2.77 bits per heavy atom. The van der Waals surface area contributed by atoms with Crippen LogP contribution in [0.1, 0.15) is 24.1 Å². The molecule has 1 saturated carbocycles. The van der Waals surface area contributed by atoms with E-state index in [1.807, 2.05) is 0 Å². The Morgan fingerprint density at radius 2 is 2.18 bits per heavy atom. The number of aryl methyl sites for hydroxylation is 1. The fraction of sp³-hybridized carbons (Fsp3) is 0.333. The second-order valence-corrected chi connectivity index (χ2v) is 5.52. The largest absolute Gasteiger partial charge is 0.711 e. The molecule has 1 N–H and O–H groups in total. The highest BCUT2D eigenvalue weighted by molar-refractivity contribution is 5.91. The quantitative estimate of drug-likeness (QED) is 0.700. The summed E-state index contributed by atoms with van der Waals surface area (Å²) in [7, 11) is 0. The summed E-state index contributed by atoms with van der Waals surface area (Å²) in [5.74, 6) is -3.48. The smallest absolute Gasteiger partial charge is 0.417 e. The second-order valence-electron chi connectivity index (χ2n) is 5.52. The third kappa shape index (κ3) is 2.66. The SMILES string of the molecule is Cc1c[n+]([O-])cn1C(=O)Nc1cccc(C(F)(F)C2CC2)c1. The van der Waals surface area contributed by atoms with Crippen molar-refractivity contribution in [1.29, 1.82) is 0 Å². The number of hydrogen-bond acceptors (Lipinski definition) is 2. The lowest BCUT2D eigenvalue weighted by Crippen LogP contribution is -2.25. The number of carbonyl (C=O) groups excluding carboxylic acids is 1. The minimum atomic E-state index is -2.87. The minimum absolute atomic E-state index is 0.101. The number of anilines is 1. The average Bonchev–Trinajstić information content (AvgIpc) is 3.25. The Bertz CT molecular complexity index is 723. The summed E-state index contributed by atoms with van der Waals surface area (Å²) in [4.78, 5) is 12.1. The van der Waals surface area contributed by atoms with Gasteiger partial charge in [-0.1, -0.05) is 12.1 Å². The van der Waals surface area contributed by atoms with E-state index in [1.54, 1.807) is 6.92 Å². The van der Waals surface area contributed by atoms with Gasteiger partial charge >= 0.3 is 6.03 Å². The first kappa shape index (κ1) is 14.5. The van der Waals surface area contributed by atoms with E-state index in [0.29, 0.717) is 23.3 Å². The number of nitrogens with one attached hydrogen (secondary N) is 1. The van der Waals surface area contributed by atoms with Crippen LogP contribution in [0.3, 0.4) is 0 Å². The van der Waals surface area contributed by atoms with Crippen molar-refractivity contribution in [1.82, 2.24) is 4.57 Å². The molecule has 1 heterocycles. The number of nitrogens with zero attached hydrogens (tertiary/aromatic N) is 2. The molecule has 1 fully saturated rings. The molecule has 0 unspecified atom stereocenters. The van der Waals surface area contributed by atoms with Gasteiger partial charge < -0.3 is 5.21 Å². The molecule has 22 heavy (non-hydrogen) atoms. The molecule has 116 valence electrons. The first-order valence-corrected chi connectivity index (χ1v) is 6.95. The molecule has 1 aromatic heterocycles. The number of carbonyl (C=O) groups is 1. The maximum atomic E-state index is 14.1. The summed E-state index contributed by atoms with van der Waals surface area (Å²) < 4.78 is 29.8. The van der Waals surface area contributed by atoms with Crippen LogP contribution in [0.5, 0.6) is 0 Å². The molecule has 2 aromatic rings. The summed E-state index contributed by atoms with van der Waals surface area (Å²) >= 11 is 0. The number of hydrogen-bond donors (Lipinski definition) is 1. The van der Waals surface area contributed by atoms with Crippen molar-refractivity contribution in [3.05, 3.63) is 53.3 Å². The topological polar surface area (TPSA) is 61.0 Å². The minimum Gasteiger partial charge on any atom is -0.711 e. The van der Waals surface area contributed by atoms with Gasteiger partial charge in [-0.3, -0.25) is 5.32 Å². The van der Waals surface area contributed by atoms with Gasteiger partial charge in [0.2, 0.25) is 0 Å². The number of aromatic nitrogens is 2. The fourth-order valence-corrected chi connectivity index (χ4v) is 2.37. The van der Waals surface area contributed by atoms with Crippen LogP contribution in [-0.2, 0) is 5.92 Å². The molecule has 1 amide bonds. The van der Waals surface area contributed by atoms with Crippen LogP contribution in [0, 0.1) is 18.0 Å². The highest BCUT2D eigenvalue weighted by atomic mass is 19.3. The van der Waals surface area contributed by atoms with Gasteiger partial charge in [0, 0.05) is 24.1 Å². The molecule has 0 bridgehead atoms. The summed E-state index contributed by atoms with van der Waals surface area (Å²) in [6.07, 6.45) is 3.37. The summed E-state index contributed by atoms with van der Waals surface area (Å²) in [6, 6.07) is 5.09. The van der Waals surface area contributed by atoms with E-state index in [9.17, 15) is 18.8 Å². The second kappa shape index (κ2) is 5.08. The van der Waals surface area contributed by atoms with E-state index in [0.717, 1.165) is 10.9 Å². The maximum Gasteiger partial charge on any atom is 0.417 e. The monoisotopic (exact) mass is 307 g/mol. The highest BCUT2D eigenvalue weighted by Gasteiger charge is 2.47. The van der Waals surface area contributed by atoms with Gasteiger partial charge in [-0.2, -0.15) is 0 Å². The van der Waals surface area contributed by atoms with Crippen molar-refractivity contribution < 1.29 is 18.3 Å². The zero-order valence-corrected chi connectivity index (χ0v) is 11.9. The van der Waals surface area contributed by atoms with Crippen molar-refractivity contribution in [3.8, 4) is 0 Å². The van der Waals surface area contributed by atoms with Crippen molar-refractivity contribution in [2.75, 3.05) is 5.32 Å². The molecule has 0 spiro atoms. The average molecular weight is 307 g/mol. The van der Waals surface area contributed by atoms with E-state index >= 15 is 0 Å². The third-order valence-electron chi connectivity index (χ3n) is 3.73. The van der Waals surface area contributed by atoms with Gasteiger partial charge in [-0.25, -0.2) is 18.3 Å². The van der Waals surface area contributed by atoms with Crippen LogP contribution in [0.25, 0.3) is 0 Å². The molecule has 5 nitrogen and oxygen atoms in total. The van der Waals surface area contributed by atoms with Crippen LogP contribution in [0.2, 0.25) is 0 Å². The predicted molar refractivity (Wildman–Crippen MR) is 75.6 cm³/mol. The van der Waals surface area contributed by atoms with Crippen LogP contribution in [-0.4, -0.2) is 10.6 Å². The molecule has 0 atom stereocenters. The normalized spacial score (nSPS) is 14.9. The molecule has 7 heteroatoms. The van der Waals surface area contributed by atoms with Crippen molar-refractivity contribution in [2.45, 2.75) is 25.7 Å². The molecule has 0 aliphatic heterocycles. The standard InChI is InChI=1S/C15H15F2N3O2/c1-10-8-19(22)9-20(10)14(21)18-13-4-2-3-12(7-13)15(16,17)11-5-6-11/h2-4,7-9,11H,5-6H2,1H3,(H,18,21). The van der Waals surface area contributed by atoms with E-state index in [1.165, 1.54) is 30.5 Å². The Labute approximate surface area is 125 Å². The third-order valence-corrected chi connectivity index (χ3v) is 3.73. The lowest BCUT2D eigenvalue weighted by molar-refractivity contribution is -0.604. The summed E-state index contributed by atoms with van der Waals surface area (Å²) in [5, 5.41) is 13.7. The molecule has 0 radical (unpaired) electrons. The van der Waals surface area contributed by atoms with E-state index in [2.05, 4.69) is 5.32 Å². The number of halogens is 2. The number of alkyl halides is 2. The van der Waals surface area contributed by atoms with Gasteiger partial charge in [0.15, 0.2) is 5.69 Å². The van der Waals surface area contributed by atoms with Crippen LogP contribution >= 0.6 is 0 Å². The molecular weight excluding hydrogens is 292 g/mol. The first-order valence-electron chi connectivity index (χ1n) is 6.95. The van der Waals surface area contributed by atoms with Gasteiger partial charge in [-0.15, -0.1) is 4.57 Å². The van der Waals surface area contributed by atoms with E-state index in [4.69, 9.17) is 0 Å². The van der Waals surface area contributed by atoms with Gasteiger partial charge in [-0.05, 0) is 25.0 Å². The highest BCUT2D eigenvalue weighted by Crippen LogP contribution is 2.49. The van der Waals surface area contributed by atoms with Crippen LogP contribution in [0.15, 0.2) is 36.8 Å². The van der Waals surface area contributed by atoms with Crippen molar-refractivity contribution >= 4 is 11.7 Å². The van der Waals surface area contributed by atoms with Crippen LogP contribution in [0.4, 0.5) is 19.3 Å². The van der Waals surface area contributed by atoms with Crippen LogP contribution < -0.4 is 10.0 Å². The predicted octanol–water partition coefficient (Wildman–Crippen LogP) is 3.01. The molecule has 1 aromatic carbocycles. The number of rotatable bonds is 3. The molecule has 1 aliphatic carbocycles. The Morgan fingerprint density at radius 1 is 1.45 bits per heavy atom. The van der Waals surface area contributed by atoms with E-state index < -0.39 is 17.9 Å². The number of imidazole rings is 1. The zero-order valence-electron chi connectivity index (χ0n) is 11.9. The van der Waals surface area contributed by atoms with Gasteiger partial charge in [0.05, 0.1) is 0 Å². The number of amides is 1. The van der Waals surface area contributed by atoms with Gasteiger partial charge in [0.25, 0.3) is 12.2 Å². The zero-order chi connectivity index (χ0) is 15.9. The lowest BCUT2D eigenvalue weighted by atomic mass is 10.0. The maximum absolute atomic E-state index is 14.1. The number of benzene rings is 1. The van der Waals surface area contributed by atoms with Gasteiger partial charge in [0.1, 0.15) is 6.20 Å². The fourth-order valence-electron chi connectivity index (χ4n) is 2.37. The Balaban J connectivity index is 1.81. The van der Waals surface area contributed by atoms with Crippen molar-refractivity contribution in [3.63, 3.8) is 0 Å². The molecule has 0 saturated heterocycles. The van der Waals surface area contributed by atoms with Crippen molar-refractivity contribution in [2.24, 2.45) is 5.92 Å². The van der Waals surface area contributed by atoms with E-state index in [-0.39, 0.29) is 11.3 Å². The molecular formula is C15H15F2N3O2. The molecule has 3 rings (SSSR count). The first-order chi connectivity index (χ1) is 10.4. The molecule has 1 aliphatic rings. The Kier molecular flexibility index (Phi) is 3.35. The Hall–Kier alpha value is -2.44. The lowest BCUT2D eigenvalue weighted by Gasteiger charge is -2.16. The summed E-state index contributed by atoms with van der Waals surface area (Å²) in [5.41, 5.74) is 0.622.